The first-order chi connectivity index (χ1) is 11.7. The van der Waals surface area contributed by atoms with E-state index in [1.54, 1.807) is 0 Å². The molecule has 2 aromatic rings. The van der Waals surface area contributed by atoms with E-state index in [4.69, 9.17) is 10.5 Å². The number of carbonyl (C=O) groups is 1. The number of ether oxygens (including phenoxy) is 1. The Morgan fingerprint density at radius 2 is 1.71 bits per heavy atom. The Labute approximate surface area is 144 Å². The fourth-order valence-electron chi connectivity index (χ4n) is 2.58. The first kappa shape index (κ1) is 18.0. The molecule has 0 heterocycles. The molecular weight excluding hydrogens is 300 g/mol. The van der Waals surface area contributed by atoms with E-state index >= 15 is 0 Å². The molecule has 128 valence electrons. The number of nitrogens with two attached hydrogens (primary N) is 1. The summed E-state index contributed by atoms with van der Waals surface area (Å²) in [5, 5.41) is 0. The van der Waals surface area contributed by atoms with E-state index in [0.717, 1.165) is 17.7 Å². The number of carbonyl (C=O) groups excluding carboxylic acids is 1. The summed E-state index contributed by atoms with van der Waals surface area (Å²) in [6.45, 7) is 4.35. The van der Waals surface area contributed by atoms with Gasteiger partial charge >= 0.3 is 0 Å². The van der Waals surface area contributed by atoms with Gasteiger partial charge in [-0.05, 0) is 36.6 Å². The zero-order chi connectivity index (χ0) is 17.2. The van der Waals surface area contributed by atoms with E-state index < -0.39 is 0 Å². The largest absolute Gasteiger partial charge is 0.494 e. The molecule has 0 radical (unpaired) electrons. The molecule has 0 aromatic heterocycles. The predicted molar refractivity (Wildman–Crippen MR) is 97.1 cm³/mol. The Kier molecular flexibility index (Phi) is 7.30. The number of hydrogen-bond acceptors (Lipinski definition) is 3. The molecule has 0 fully saturated rings. The van der Waals surface area contributed by atoms with Gasteiger partial charge in [0.15, 0.2) is 0 Å². The van der Waals surface area contributed by atoms with Crippen molar-refractivity contribution < 1.29 is 9.53 Å². The number of hydrogen-bond donors (Lipinski definition) is 1. The molecule has 4 heteroatoms. The topological polar surface area (TPSA) is 55.6 Å². The van der Waals surface area contributed by atoms with Crippen LogP contribution in [0.25, 0.3) is 0 Å². The highest BCUT2D eigenvalue weighted by Crippen LogP contribution is 2.13. The predicted octanol–water partition coefficient (Wildman–Crippen LogP) is 2.66. The smallest absolute Gasteiger partial charge is 0.227 e. The van der Waals surface area contributed by atoms with Crippen LogP contribution in [-0.4, -0.2) is 37.0 Å². The summed E-state index contributed by atoms with van der Waals surface area (Å²) in [6, 6.07) is 17.9. The lowest BCUT2D eigenvalue weighted by Crippen LogP contribution is -2.37. The monoisotopic (exact) mass is 326 g/mol. The van der Waals surface area contributed by atoms with Gasteiger partial charge < -0.3 is 15.4 Å². The molecule has 1 amide bonds. The van der Waals surface area contributed by atoms with Crippen LogP contribution >= 0.6 is 0 Å². The molecule has 2 aromatic carbocycles. The first-order valence-corrected chi connectivity index (χ1v) is 8.46. The molecule has 0 atom stereocenters. The van der Waals surface area contributed by atoms with Crippen molar-refractivity contribution >= 4 is 5.91 Å². The van der Waals surface area contributed by atoms with Crippen molar-refractivity contribution in [2.75, 3.05) is 26.2 Å². The fraction of sp³-hybridized carbons (Fsp3) is 0.350. The first-order valence-electron chi connectivity index (χ1n) is 8.46. The lowest BCUT2D eigenvalue weighted by Gasteiger charge is -2.22. The Bertz CT molecular complexity index is 611. The zero-order valence-corrected chi connectivity index (χ0v) is 14.3. The lowest BCUT2D eigenvalue weighted by atomic mass is 10.1. The summed E-state index contributed by atoms with van der Waals surface area (Å²) < 4.78 is 5.43. The standard InChI is InChI=1S/C20H26N2O2/c1-2-24-19-10-8-18(9-11-19)16-20(23)22(15-13-21)14-12-17-6-4-3-5-7-17/h3-11H,2,12-16,21H2,1H3. The third-order valence-electron chi connectivity index (χ3n) is 3.85. The summed E-state index contributed by atoms with van der Waals surface area (Å²) in [5.41, 5.74) is 7.89. The van der Waals surface area contributed by atoms with Crippen LogP contribution in [0, 0.1) is 0 Å². The van der Waals surface area contributed by atoms with Crippen LogP contribution in [0.15, 0.2) is 54.6 Å². The highest BCUT2D eigenvalue weighted by Gasteiger charge is 2.13. The van der Waals surface area contributed by atoms with E-state index in [0.29, 0.717) is 32.7 Å². The maximum absolute atomic E-state index is 12.6. The fourth-order valence-corrected chi connectivity index (χ4v) is 2.58. The molecule has 0 aliphatic rings. The molecule has 0 bridgehead atoms. The minimum Gasteiger partial charge on any atom is -0.494 e. The van der Waals surface area contributed by atoms with Gasteiger partial charge in [0.25, 0.3) is 0 Å². The normalized spacial score (nSPS) is 10.4. The number of benzene rings is 2. The van der Waals surface area contributed by atoms with Crippen LogP contribution in [0.5, 0.6) is 5.75 Å². The van der Waals surface area contributed by atoms with Crippen molar-refractivity contribution in [3.8, 4) is 5.75 Å². The van der Waals surface area contributed by atoms with Crippen molar-refractivity contribution in [1.82, 2.24) is 4.90 Å². The third kappa shape index (κ3) is 5.70. The number of nitrogens with zero attached hydrogens (tertiary/aromatic N) is 1. The molecule has 0 saturated carbocycles. The highest BCUT2D eigenvalue weighted by atomic mass is 16.5. The van der Waals surface area contributed by atoms with Crippen LogP contribution in [0.4, 0.5) is 0 Å². The second kappa shape index (κ2) is 9.73. The molecule has 0 spiro atoms. The minimum atomic E-state index is 0.112. The molecule has 0 saturated heterocycles. The van der Waals surface area contributed by atoms with Crippen molar-refractivity contribution in [2.24, 2.45) is 5.73 Å². The molecule has 0 aliphatic carbocycles. The van der Waals surface area contributed by atoms with Crippen molar-refractivity contribution in [3.63, 3.8) is 0 Å². The van der Waals surface area contributed by atoms with Gasteiger partial charge in [0, 0.05) is 19.6 Å². The van der Waals surface area contributed by atoms with Crippen molar-refractivity contribution in [1.29, 1.82) is 0 Å². The van der Waals surface area contributed by atoms with Crippen molar-refractivity contribution in [2.45, 2.75) is 19.8 Å². The Morgan fingerprint density at radius 3 is 2.33 bits per heavy atom. The zero-order valence-electron chi connectivity index (χ0n) is 14.3. The van der Waals surface area contributed by atoms with Crippen LogP contribution in [-0.2, 0) is 17.6 Å². The van der Waals surface area contributed by atoms with Crippen LogP contribution in [0.1, 0.15) is 18.1 Å². The van der Waals surface area contributed by atoms with Gasteiger partial charge in [0.2, 0.25) is 5.91 Å². The molecule has 2 rings (SSSR count). The SMILES string of the molecule is CCOc1ccc(CC(=O)N(CCN)CCc2ccccc2)cc1. The van der Waals surface area contributed by atoms with Gasteiger partial charge in [0.05, 0.1) is 13.0 Å². The van der Waals surface area contributed by atoms with Gasteiger partial charge in [-0.25, -0.2) is 0 Å². The maximum Gasteiger partial charge on any atom is 0.227 e. The van der Waals surface area contributed by atoms with Gasteiger partial charge in [-0.15, -0.1) is 0 Å². The highest BCUT2D eigenvalue weighted by molar-refractivity contribution is 5.78. The van der Waals surface area contributed by atoms with Gasteiger partial charge in [-0.2, -0.15) is 0 Å². The Hall–Kier alpha value is -2.33. The molecule has 0 aliphatic heterocycles. The molecule has 0 unspecified atom stereocenters. The Balaban J connectivity index is 1.92. The third-order valence-corrected chi connectivity index (χ3v) is 3.85. The summed E-state index contributed by atoms with van der Waals surface area (Å²) in [4.78, 5) is 14.4. The van der Waals surface area contributed by atoms with Crippen LogP contribution in [0.2, 0.25) is 0 Å². The average molecular weight is 326 g/mol. The van der Waals surface area contributed by atoms with Crippen LogP contribution in [0.3, 0.4) is 0 Å². The van der Waals surface area contributed by atoms with Gasteiger partial charge in [-0.1, -0.05) is 42.5 Å². The number of amides is 1. The maximum atomic E-state index is 12.6. The summed E-state index contributed by atoms with van der Waals surface area (Å²) in [6.07, 6.45) is 1.23. The van der Waals surface area contributed by atoms with E-state index in [2.05, 4.69) is 12.1 Å². The molecular formula is C20H26N2O2. The molecule has 24 heavy (non-hydrogen) atoms. The van der Waals surface area contributed by atoms with E-state index in [1.165, 1.54) is 5.56 Å². The number of rotatable bonds is 9. The van der Waals surface area contributed by atoms with E-state index in [-0.39, 0.29) is 5.91 Å². The minimum absolute atomic E-state index is 0.112. The quantitative estimate of drug-likeness (QED) is 0.771. The Morgan fingerprint density at radius 1 is 1.00 bits per heavy atom. The second-order valence-corrected chi connectivity index (χ2v) is 5.66. The van der Waals surface area contributed by atoms with Crippen LogP contribution < -0.4 is 10.5 Å². The van der Waals surface area contributed by atoms with E-state index in [9.17, 15) is 4.79 Å². The molecule has 2 N–H and O–H groups in total. The van der Waals surface area contributed by atoms with Gasteiger partial charge in [-0.3, -0.25) is 4.79 Å². The summed E-state index contributed by atoms with van der Waals surface area (Å²) in [5.74, 6) is 0.942. The van der Waals surface area contributed by atoms with Gasteiger partial charge in [0.1, 0.15) is 5.75 Å². The van der Waals surface area contributed by atoms with Crippen molar-refractivity contribution in [3.05, 3.63) is 65.7 Å². The lowest BCUT2D eigenvalue weighted by molar-refractivity contribution is -0.130. The summed E-state index contributed by atoms with van der Waals surface area (Å²) in [7, 11) is 0. The second-order valence-electron chi connectivity index (χ2n) is 5.66. The summed E-state index contributed by atoms with van der Waals surface area (Å²) >= 11 is 0. The molecule has 4 nitrogen and oxygen atoms in total. The van der Waals surface area contributed by atoms with E-state index in [1.807, 2.05) is 54.3 Å². The average Bonchev–Trinajstić information content (AvgIpc) is 2.61.